The maximum atomic E-state index is 13.0. The first kappa shape index (κ1) is 12.8. The van der Waals surface area contributed by atoms with Crippen molar-refractivity contribution in [3.05, 3.63) is 0 Å². The quantitative estimate of drug-likeness (QED) is 0.679. The number of carbonyl (C=O) groups excluding carboxylic acids is 2. The second-order valence-electron chi connectivity index (χ2n) is 9.25. The molecule has 0 radical (unpaired) electrons. The molecule has 21 heavy (non-hydrogen) atoms. The minimum atomic E-state index is -0.0934. The zero-order chi connectivity index (χ0) is 14.6. The fourth-order valence-corrected chi connectivity index (χ4v) is 7.78. The summed E-state index contributed by atoms with van der Waals surface area (Å²) in [5.74, 6) is 3.51. The van der Waals surface area contributed by atoms with Crippen LogP contribution in [0.25, 0.3) is 0 Å². The maximum Gasteiger partial charge on any atom is 0.140 e. The molecule has 5 rings (SSSR count). The van der Waals surface area contributed by atoms with Crippen LogP contribution in [0.1, 0.15) is 65.2 Å². The largest absolute Gasteiger partial charge is 0.299 e. The molecule has 5 saturated carbocycles. The second kappa shape index (κ2) is 3.46. The Morgan fingerprint density at radius 2 is 1.76 bits per heavy atom. The zero-order valence-electron chi connectivity index (χ0n) is 13.3. The third kappa shape index (κ3) is 1.18. The predicted octanol–water partition coefficient (Wildman–Crippen LogP) is 3.78. The summed E-state index contributed by atoms with van der Waals surface area (Å²) in [6, 6.07) is 0. The van der Waals surface area contributed by atoms with E-state index in [2.05, 4.69) is 13.8 Å². The van der Waals surface area contributed by atoms with Crippen LogP contribution in [0.3, 0.4) is 0 Å². The van der Waals surface area contributed by atoms with Crippen LogP contribution in [0, 0.1) is 39.9 Å². The fraction of sp³-hybridized carbons (Fsp3) is 0.895. The summed E-state index contributed by atoms with van der Waals surface area (Å²) in [7, 11) is 0. The number of carbonyl (C=O) groups is 2. The van der Waals surface area contributed by atoms with E-state index in [1.165, 1.54) is 25.7 Å². The van der Waals surface area contributed by atoms with Crippen LogP contribution in [0.5, 0.6) is 0 Å². The molecule has 5 fully saturated rings. The molecule has 0 aliphatic heterocycles. The van der Waals surface area contributed by atoms with Crippen molar-refractivity contribution in [1.82, 2.24) is 0 Å². The van der Waals surface area contributed by atoms with Crippen LogP contribution in [0.4, 0.5) is 0 Å². The minimum Gasteiger partial charge on any atom is -0.299 e. The van der Waals surface area contributed by atoms with Gasteiger partial charge in [0.1, 0.15) is 11.6 Å². The fourth-order valence-electron chi connectivity index (χ4n) is 7.78. The first-order chi connectivity index (χ1) is 9.93. The molecular formula is C19H26O2. The molecule has 0 aromatic rings. The third-order valence-corrected chi connectivity index (χ3v) is 9.02. The van der Waals surface area contributed by atoms with Crippen LogP contribution >= 0.6 is 0 Å². The molecule has 0 bridgehead atoms. The van der Waals surface area contributed by atoms with Gasteiger partial charge in [-0.2, -0.15) is 0 Å². The normalized spacial score (nSPS) is 61.0. The highest BCUT2D eigenvalue weighted by atomic mass is 16.1. The Morgan fingerprint density at radius 1 is 0.952 bits per heavy atom. The summed E-state index contributed by atoms with van der Waals surface area (Å²) in [6.07, 6.45) is 8.63. The average Bonchev–Trinajstić information content (AvgIpc) is 3.01. The van der Waals surface area contributed by atoms with Gasteiger partial charge in [-0.15, -0.1) is 0 Å². The van der Waals surface area contributed by atoms with E-state index in [0.29, 0.717) is 29.3 Å². The van der Waals surface area contributed by atoms with E-state index < -0.39 is 0 Å². The highest BCUT2D eigenvalue weighted by Gasteiger charge is 2.77. The molecule has 5 aliphatic rings. The minimum absolute atomic E-state index is 0.0878. The summed E-state index contributed by atoms with van der Waals surface area (Å²) in [4.78, 5) is 25.4. The highest BCUT2D eigenvalue weighted by Crippen LogP contribution is 2.80. The van der Waals surface area contributed by atoms with Crippen LogP contribution in [0.2, 0.25) is 0 Å². The Hall–Kier alpha value is -0.660. The number of hydrogen-bond donors (Lipinski definition) is 0. The Balaban J connectivity index is 1.58. The molecule has 114 valence electrons. The lowest BCUT2D eigenvalue weighted by atomic mass is 9.46. The van der Waals surface area contributed by atoms with Crippen molar-refractivity contribution >= 4 is 11.6 Å². The topological polar surface area (TPSA) is 34.1 Å². The molecule has 2 heteroatoms. The summed E-state index contributed by atoms with van der Waals surface area (Å²) in [5, 5.41) is 0. The van der Waals surface area contributed by atoms with E-state index in [4.69, 9.17) is 0 Å². The van der Waals surface area contributed by atoms with Crippen LogP contribution in [-0.2, 0) is 9.59 Å². The molecule has 0 saturated heterocycles. The van der Waals surface area contributed by atoms with Crippen molar-refractivity contribution in [2.75, 3.05) is 0 Å². The number of ketones is 2. The van der Waals surface area contributed by atoms with Gasteiger partial charge in [-0.3, -0.25) is 9.59 Å². The van der Waals surface area contributed by atoms with Crippen LogP contribution in [0.15, 0.2) is 0 Å². The van der Waals surface area contributed by atoms with E-state index in [1.54, 1.807) is 0 Å². The monoisotopic (exact) mass is 286 g/mol. The molecule has 5 aliphatic carbocycles. The molecule has 7 atom stereocenters. The van der Waals surface area contributed by atoms with Crippen molar-refractivity contribution in [3.63, 3.8) is 0 Å². The van der Waals surface area contributed by atoms with Crippen molar-refractivity contribution in [1.29, 1.82) is 0 Å². The van der Waals surface area contributed by atoms with Gasteiger partial charge < -0.3 is 0 Å². The van der Waals surface area contributed by atoms with E-state index in [1.807, 2.05) is 0 Å². The van der Waals surface area contributed by atoms with E-state index in [-0.39, 0.29) is 16.2 Å². The van der Waals surface area contributed by atoms with Crippen LogP contribution in [-0.4, -0.2) is 11.6 Å². The Labute approximate surface area is 127 Å². The summed E-state index contributed by atoms with van der Waals surface area (Å²) in [6.45, 7) is 4.64. The number of hydrogen-bond acceptors (Lipinski definition) is 2. The lowest BCUT2D eigenvalue weighted by Crippen LogP contribution is -2.55. The summed E-state index contributed by atoms with van der Waals surface area (Å²) >= 11 is 0. The first-order valence-electron chi connectivity index (χ1n) is 9.00. The third-order valence-electron chi connectivity index (χ3n) is 9.02. The van der Waals surface area contributed by atoms with Gasteiger partial charge in [0.2, 0.25) is 0 Å². The SMILES string of the molecule is C[C@]12CC[C@@H]3[C@H](CC(=O)[C@]45C[C@H]4CC[C@]35C)[C@H]1CCC2=O. The first-order valence-corrected chi connectivity index (χ1v) is 9.00. The predicted molar refractivity (Wildman–Crippen MR) is 79.6 cm³/mol. The van der Waals surface area contributed by atoms with E-state index >= 15 is 0 Å². The van der Waals surface area contributed by atoms with Crippen molar-refractivity contribution < 1.29 is 9.59 Å². The number of rotatable bonds is 0. The molecule has 1 spiro atoms. The average molecular weight is 286 g/mol. The molecule has 0 aromatic carbocycles. The van der Waals surface area contributed by atoms with Gasteiger partial charge >= 0.3 is 0 Å². The van der Waals surface area contributed by atoms with Gasteiger partial charge in [0, 0.05) is 23.7 Å². The lowest BCUT2D eigenvalue weighted by molar-refractivity contribution is -0.153. The second-order valence-corrected chi connectivity index (χ2v) is 9.25. The zero-order valence-corrected chi connectivity index (χ0v) is 13.3. The van der Waals surface area contributed by atoms with Crippen molar-refractivity contribution in [2.24, 2.45) is 39.9 Å². The summed E-state index contributed by atoms with van der Waals surface area (Å²) in [5.41, 5.74) is 0.263. The molecule has 0 unspecified atom stereocenters. The Morgan fingerprint density at radius 3 is 2.52 bits per heavy atom. The Kier molecular flexibility index (Phi) is 2.12. The van der Waals surface area contributed by atoms with Gasteiger partial charge in [0.15, 0.2) is 0 Å². The van der Waals surface area contributed by atoms with Gasteiger partial charge in [0.25, 0.3) is 0 Å². The molecule has 0 aromatic heterocycles. The van der Waals surface area contributed by atoms with Gasteiger partial charge in [-0.05, 0) is 67.6 Å². The molecule has 0 N–H and O–H groups in total. The van der Waals surface area contributed by atoms with E-state index in [0.717, 1.165) is 31.6 Å². The van der Waals surface area contributed by atoms with E-state index in [9.17, 15) is 9.59 Å². The highest BCUT2D eigenvalue weighted by molar-refractivity contribution is 5.92. The molecule has 2 nitrogen and oxygen atoms in total. The standard InChI is InChI=1S/C19H26O2/c1-17-7-6-14-12(13(17)3-4-15(17)20)9-16(21)19-10-11(19)5-8-18(14,19)2/h11-14H,3-10H2,1-2H3/t11-,12-,13-,14-,17+,18-,19+/m1/s1. The Bertz CT molecular complexity index is 566. The lowest BCUT2D eigenvalue weighted by Gasteiger charge is -2.56. The smallest absolute Gasteiger partial charge is 0.140 e. The maximum absolute atomic E-state index is 13.0. The van der Waals surface area contributed by atoms with Crippen molar-refractivity contribution in [2.45, 2.75) is 65.2 Å². The van der Waals surface area contributed by atoms with Gasteiger partial charge in [-0.25, -0.2) is 0 Å². The van der Waals surface area contributed by atoms with Crippen molar-refractivity contribution in [3.8, 4) is 0 Å². The van der Waals surface area contributed by atoms with Gasteiger partial charge in [0.05, 0.1) is 0 Å². The molecule has 0 amide bonds. The van der Waals surface area contributed by atoms with Gasteiger partial charge in [-0.1, -0.05) is 13.8 Å². The number of fused-ring (bicyclic) bond motifs is 4. The molecular weight excluding hydrogens is 260 g/mol. The summed E-state index contributed by atoms with van der Waals surface area (Å²) < 4.78 is 0. The number of Topliss-reactive ketones (excluding diaryl/α,β-unsaturated/α-hetero) is 2. The van der Waals surface area contributed by atoms with Crippen LogP contribution < -0.4 is 0 Å². The molecule has 0 heterocycles.